The third-order valence-electron chi connectivity index (χ3n) is 3.67. The minimum atomic E-state index is 0.584. The van der Waals surface area contributed by atoms with Gasteiger partial charge in [0.05, 0.1) is 24.5 Å². The molecule has 4 heterocycles. The zero-order valence-corrected chi connectivity index (χ0v) is 12.2. The van der Waals surface area contributed by atoms with Crippen LogP contribution in [0.5, 0.6) is 5.88 Å². The van der Waals surface area contributed by atoms with Crippen LogP contribution in [0.3, 0.4) is 0 Å². The van der Waals surface area contributed by atoms with Crippen molar-refractivity contribution in [1.29, 1.82) is 0 Å². The Hall–Kier alpha value is -3.02. The number of fused-ring (bicyclic) bond motifs is 2. The number of nitrogens with zero attached hydrogens (tertiary/aromatic N) is 5. The second-order valence-electron chi connectivity index (χ2n) is 4.99. The lowest BCUT2D eigenvalue weighted by Crippen LogP contribution is -1.90. The third kappa shape index (κ3) is 1.88. The lowest BCUT2D eigenvalue weighted by Gasteiger charge is -2.02. The van der Waals surface area contributed by atoms with E-state index in [2.05, 4.69) is 19.9 Å². The van der Waals surface area contributed by atoms with Gasteiger partial charge in [-0.3, -0.25) is 4.98 Å². The van der Waals surface area contributed by atoms with E-state index in [9.17, 15) is 0 Å². The Morgan fingerprint density at radius 2 is 1.95 bits per heavy atom. The summed E-state index contributed by atoms with van der Waals surface area (Å²) in [6.45, 7) is 0. The highest BCUT2D eigenvalue weighted by molar-refractivity contribution is 5.96. The molecule has 0 aliphatic heterocycles. The summed E-state index contributed by atoms with van der Waals surface area (Å²) in [6.07, 6.45) is 7.15. The summed E-state index contributed by atoms with van der Waals surface area (Å²) in [7, 11) is 3.60. The van der Waals surface area contributed by atoms with Crippen molar-refractivity contribution in [3.8, 4) is 17.1 Å². The third-order valence-corrected chi connectivity index (χ3v) is 3.67. The maximum Gasteiger partial charge on any atom is 0.213 e. The second-order valence-corrected chi connectivity index (χ2v) is 4.99. The van der Waals surface area contributed by atoms with Crippen molar-refractivity contribution in [3.05, 3.63) is 43.0 Å². The molecule has 0 saturated carbocycles. The molecule has 6 nitrogen and oxygen atoms in total. The van der Waals surface area contributed by atoms with Crippen molar-refractivity contribution in [2.45, 2.75) is 0 Å². The van der Waals surface area contributed by atoms with E-state index in [4.69, 9.17) is 4.74 Å². The summed E-state index contributed by atoms with van der Waals surface area (Å²) in [5, 5.41) is 1.05. The van der Waals surface area contributed by atoms with E-state index >= 15 is 0 Å². The minimum Gasteiger partial charge on any atom is -0.481 e. The first-order valence-corrected chi connectivity index (χ1v) is 6.83. The number of hydrogen-bond donors (Lipinski definition) is 0. The Morgan fingerprint density at radius 1 is 1.09 bits per heavy atom. The van der Waals surface area contributed by atoms with Crippen LogP contribution in [0, 0.1) is 0 Å². The summed E-state index contributed by atoms with van der Waals surface area (Å²) in [5.74, 6) is 0.584. The number of aryl methyl sites for hydroxylation is 1. The van der Waals surface area contributed by atoms with Gasteiger partial charge in [0.1, 0.15) is 5.52 Å². The van der Waals surface area contributed by atoms with Crippen molar-refractivity contribution in [1.82, 2.24) is 24.5 Å². The molecular weight excluding hydrogens is 278 g/mol. The molecule has 0 aliphatic carbocycles. The van der Waals surface area contributed by atoms with Crippen LogP contribution in [0.1, 0.15) is 0 Å². The zero-order chi connectivity index (χ0) is 15.1. The average molecular weight is 291 g/mol. The minimum absolute atomic E-state index is 0.584. The molecule has 4 aromatic heterocycles. The van der Waals surface area contributed by atoms with Crippen molar-refractivity contribution in [2.75, 3.05) is 7.11 Å². The van der Waals surface area contributed by atoms with Crippen LogP contribution >= 0.6 is 0 Å². The summed E-state index contributed by atoms with van der Waals surface area (Å²) in [6, 6.07) is 5.81. The van der Waals surface area contributed by atoms with Crippen LogP contribution in [0.15, 0.2) is 43.0 Å². The molecule has 4 aromatic rings. The van der Waals surface area contributed by atoms with Crippen molar-refractivity contribution in [3.63, 3.8) is 0 Å². The lowest BCUT2D eigenvalue weighted by atomic mass is 10.1. The highest BCUT2D eigenvalue weighted by Gasteiger charge is 2.12. The van der Waals surface area contributed by atoms with E-state index in [1.807, 2.05) is 36.0 Å². The maximum absolute atomic E-state index is 5.23. The summed E-state index contributed by atoms with van der Waals surface area (Å²) in [5.41, 5.74) is 4.32. The molecule has 0 radical (unpaired) electrons. The Balaban J connectivity index is 1.98. The molecule has 0 saturated heterocycles. The lowest BCUT2D eigenvalue weighted by molar-refractivity contribution is 0.398. The molecule has 0 amide bonds. The molecule has 6 heteroatoms. The fourth-order valence-corrected chi connectivity index (χ4v) is 2.58. The number of methoxy groups -OCH3 is 1. The smallest absolute Gasteiger partial charge is 0.213 e. The normalized spacial score (nSPS) is 11.2. The van der Waals surface area contributed by atoms with Crippen LogP contribution < -0.4 is 4.74 Å². The quantitative estimate of drug-likeness (QED) is 0.568. The van der Waals surface area contributed by atoms with Gasteiger partial charge in [-0.1, -0.05) is 0 Å². The molecular formula is C16H13N5O. The standard InChI is InChI=1S/C16H13N5O/c1-21-9-11(10-7-15(22-2)19-8-14(10)21)12-3-4-13-16(20-12)18-6-5-17-13/h3-9H,1-2H3. The van der Waals surface area contributed by atoms with Gasteiger partial charge in [0.25, 0.3) is 0 Å². The molecule has 0 bridgehead atoms. The average Bonchev–Trinajstić information content (AvgIpc) is 2.90. The molecule has 0 N–H and O–H groups in total. The molecule has 0 aromatic carbocycles. The second kappa shape index (κ2) is 4.77. The number of hydrogen-bond acceptors (Lipinski definition) is 5. The molecule has 0 fully saturated rings. The van der Waals surface area contributed by atoms with Gasteiger partial charge < -0.3 is 9.30 Å². The van der Waals surface area contributed by atoms with Crippen LogP contribution in [0.4, 0.5) is 0 Å². The van der Waals surface area contributed by atoms with Crippen LogP contribution in [0.25, 0.3) is 33.3 Å². The van der Waals surface area contributed by atoms with Gasteiger partial charge in [-0.25, -0.2) is 15.0 Å². The first-order chi connectivity index (χ1) is 10.8. The van der Waals surface area contributed by atoms with E-state index in [1.165, 1.54) is 0 Å². The zero-order valence-electron chi connectivity index (χ0n) is 12.2. The Morgan fingerprint density at radius 3 is 2.82 bits per heavy atom. The van der Waals surface area contributed by atoms with E-state index in [1.54, 1.807) is 25.7 Å². The Kier molecular flexibility index (Phi) is 2.75. The highest BCUT2D eigenvalue weighted by Crippen LogP contribution is 2.31. The van der Waals surface area contributed by atoms with E-state index in [0.717, 1.165) is 27.7 Å². The maximum atomic E-state index is 5.23. The fraction of sp³-hybridized carbons (Fsp3) is 0.125. The monoisotopic (exact) mass is 291 g/mol. The first kappa shape index (κ1) is 12.7. The molecule has 0 aliphatic rings. The molecule has 0 atom stereocenters. The summed E-state index contributed by atoms with van der Waals surface area (Å²) in [4.78, 5) is 17.4. The Bertz CT molecular complexity index is 992. The van der Waals surface area contributed by atoms with Crippen LogP contribution in [-0.4, -0.2) is 31.6 Å². The van der Waals surface area contributed by atoms with Gasteiger partial charge >= 0.3 is 0 Å². The number of aromatic nitrogens is 5. The van der Waals surface area contributed by atoms with Gasteiger partial charge in [-0.15, -0.1) is 0 Å². The fourth-order valence-electron chi connectivity index (χ4n) is 2.58. The topological polar surface area (TPSA) is 65.7 Å². The molecule has 0 spiro atoms. The van der Waals surface area contributed by atoms with E-state index in [0.29, 0.717) is 11.5 Å². The van der Waals surface area contributed by atoms with Gasteiger partial charge in [0.2, 0.25) is 5.88 Å². The molecule has 22 heavy (non-hydrogen) atoms. The van der Waals surface area contributed by atoms with E-state index < -0.39 is 0 Å². The number of ether oxygens (including phenoxy) is 1. The van der Waals surface area contributed by atoms with Crippen molar-refractivity contribution in [2.24, 2.45) is 7.05 Å². The number of pyridine rings is 2. The molecule has 4 rings (SSSR count). The van der Waals surface area contributed by atoms with Crippen LogP contribution in [-0.2, 0) is 7.05 Å². The van der Waals surface area contributed by atoms with Gasteiger partial charge in [0.15, 0.2) is 5.65 Å². The SMILES string of the molecule is COc1cc2c(-c3ccc4nccnc4n3)cn(C)c2cn1. The van der Waals surface area contributed by atoms with Crippen molar-refractivity contribution >= 4 is 22.1 Å². The van der Waals surface area contributed by atoms with Crippen molar-refractivity contribution < 1.29 is 4.74 Å². The Labute approximate surface area is 126 Å². The molecule has 0 unspecified atom stereocenters. The number of rotatable bonds is 2. The summed E-state index contributed by atoms with van der Waals surface area (Å²) < 4.78 is 7.26. The van der Waals surface area contributed by atoms with Crippen LogP contribution in [0.2, 0.25) is 0 Å². The highest BCUT2D eigenvalue weighted by atomic mass is 16.5. The molecule has 108 valence electrons. The first-order valence-electron chi connectivity index (χ1n) is 6.83. The largest absolute Gasteiger partial charge is 0.481 e. The predicted octanol–water partition coefficient (Wildman–Crippen LogP) is 2.59. The van der Waals surface area contributed by atoms with Gasteiger partial charge in [-0.05, 0) is 12.1 Å². The van der Waals surface area contributed by atoms with Gasteiger partial charge in [0, 0.05) is 42.7 Å². The van der Waals surface area contributed by atoms with E-state index in [-0.39, 0.29) is 0 Å². The summed E-state index contributed by atoms with van der Waals surface area (Å²) >= 11 is 0. The van der Waals surface area contributed by atoms with Gasteiger partial charge in [-0.2, -0.15) is 0 Å². The predicted molar refractivity (Wildman–Crippen MR) is 83.6 cm³/mol.